The first-order valence-electron chi connectivity index (χ1n) is 7.33. The summed E-state index contributed by atoms with van der Waals surface area (Å²) in [6.45, 7) is 7.47. The zero-order valence-corrected chi connectivity index (χ0v) is 14.0. The summed E-state index contributed by atoms with van der Waals surface area (Å²) in [7, 11) is -1.47. The molecule has 2 atom stereocenters. The van der Waals surface area contributed by atoms with Crippen LogP contribution in [0.5, 0.6) is 0 Å². The number of rotatable bonds is 4. The molecular formula is C14H25N3O3S. The number of aliphatic hydroxyl groups is 1. The second-order valence-electron chi connectivity index (χ2n) is 5.80. The first-order valence-corrected chi connectivity index (χ1v) is 8.77. The van der Waals surface area contributed by atoms with Crippen molar-refractivity contribution >= 4 is 10.0 Å². The molecule has 1 aromatic heterocycles. The molecule has 1 aliphatic rings. The lowest BCUT2D eigenvalue weighted by atomic mass is 10.1. The number of aliphatic hydroxyl groups excluding tert-OH is 1. The van der Waals surface area contributed by atoms with Crippen molar-refractivity contribution in [2.75, 3.05) is 20.1 Å². The predicted molar refractivity (Wildman–Crippen MR) is 81.5 cm³/mol. The van der Waals surface area contributed by atoms with Crippen LogP contribution in [0.3, 0.4) is 0 Å². The summed E-state index contributed by atoms with van der Waals surface area (Å²) < 4.78 is 28.9. The van der Waals surface area contributed by atoms with Crippen LogP contribution in [0.1, 0.15) is 26.5 Å². The first-order chi connectivity index (χ1) is 9.81. The zero-order valence-electron chi connectivity index (χ0n) is 13.2. The third kappa shape index (κ3) is 3.01. The van der Waals surface area contributed by atoms with E-state index in [1.54, 1.807) is 21.1 Å². The topological polar surface area (TPSA) is 65.8 Å². The van der Waals surface area contributed by atoms with Crippen molar-refractivity contribution in [1.29, 1.82) is 0 Å². The van der Waals surface area contributed by atoms with E-state index in [9.17, 15) is 13.5 Å². The van der Waals surface area contributed by atoms with Crippen LogP contribution < -0.4 is 0 Å². The number of aromatic nitrogens is 1. The van der Waals surface area contributed by atoms with Crippen molar-refractivity contribution in [3.05, 3.63) is 18.0 Å². The van der Waals surface area contributed by atoms with E-state index >= 15 is 0 Å². The van der Waals surface area contributed by atoms with Gasteiger partial charge in [0, 0.05) is 43.6 Å². The molecule has 2 rings (SSSR count). The van der Waals surface area contributed by atoms with Crippen LogP contribution in [0.15, 0.2) is 17.2 Å². The van der Waals surface area contributed by atoms with Crippen LogP contribution in [-0.4, -0.2) is 59.5 Å². The van der Waals surface area contributed by atoms with E-state index in [4.69, 9.17) is 0 Å². The van der Waals surface area contributed by atoms with Gasteiger partial charge in [-0.3, -0.25) is 4.90 Å². The Morgan fingerprint density at radius 1 is 1.29 bits per heavy atom. The summed E-state index contributed by atoms with van der Waals surface area (Å²) in [5.41, 5.74) is 0.631. The maximum Gasteiger partial charge on any atom is 0.244 e. The number of hydrogen-bond donors (Lipinski definition) is 1. The quantitative estimate of drug-likeness (QED) is 0.889. The van der Waals surface area contributed by atoms with Gasteiger partial charge in [0.25, 0.3) is 0 Å². The van der Waals surface area contributed by atoms with Gasteiger partial charge in [0.1, 0.15) is 4.90 Å². The highest BCUT2D eigenvalue weighted by atomic mass is 32.2. The normalized spacial score (nSPS) is 25.4. The highest BCUT2D eigenvalue weighted by Crippen LogP contribution is 2.23. The standard InChI is InChI=1S/C14H25N3O3S/c1-5-16-9-14(6-13(16)10-18)21(19,20)17-7-11(2)15(4)12(3)8-17/h6,9,11-12,18H,5,7-8,10H2,1-4H3. The van der Waals surface area contributed by atoms with Crippen molar-refractivity contribution in [1.82, 2.24) is 13.8 Å². The van der Waals surface area contributed by atoms with Crippen LogP contribution in [0.25, 0.3) is 0 Å². The Labute approximate surface area is 127 Å². The van der Waals surface area contributed by atoms with Gasteiger partial charge in [0.05, 0.1) is 6.61 Å². The minimum atomic E-state index is -3.50. The molecule has 1 N–H and O–H groups in total. The summed E-state index contributed by atoms with van der Waals surface area (Å²) in [5.74, 6) is 0. The Balaban J connectivity index is 2.32. The minimum absolute atomic E-state index is 0.154. The molecule has 2 heterocycles. The fourth-order valence-corrected chi connectivity index (χ4v) is 4.46. The summed E-state index contributed by atoms with van der Waals surface area (Å²) in [6, 6.07) is 1.95. The molecule has 1 aromatic rings. The number of aryl methyl sites for hydroxylation is 1. The van der Waals surface area contributed by atoms with E-state index in [0.717, 1.165) is 0 Å². The molecule has 120 valence electrons. The average Bonchev–Trinajstić information content (AvgIpc) is 2.88. The number of piperazine rings is 1. The van der Waals surface area contributed by atoms with Gasteiger partial charge in [-0.2, -0.15) is 4.31 Å². The van der Waals surface area contributed by atoms with Gasteiger partial charge >= 0.3 is 0 Å². The van der Waals surface area contributed by atoms with Crippen LogP contribution in [0.2, 0.25) is 0 Å². The lowest BCUT2D eigenvalue weighted by Crippen LogP contribution is -2.56. The minimum Gasteiger partial charge on any atom is -0.390 e. The Morgan fingerprint density at radius 2 is 1.86 bits per heavy atom. The lowest BCUT2D eigenvalue weighted by molar-refractivity contribution is 0.105. The maximum absolute atomic E-state index is 12.8. The Morgan fingerprint density at radius 3 is 2.29 bits per heavy atom. The Bertz CT molecular complexity index is 563. The van der Waals surface area contributed by atoms with Crippen LogP contribution in [0.4, 0.5) is 0 Å². The first kappa shape index (κ1) is 16.5. The molecule has 0 bridgehead atoms. The molecule has 0 aliphatic carbocycles. The zero-order chi connectivity index (χ0) is 15.8. The molecule has 0 radical (unpaired) electrons. The third-order valence-electron chi connectivity index (χ3n) is 4.43. The number of nitrogens with zero attached hydrogens (tertiary/aromatic N) is 3. The molecule has 0 saturated carbocycles. The Kier molecular flexibility index (Phi) is 4.77. The molecule has 1 saturated heterocycles. The summed E-state index contributed by atoms with van der Waals surface area (Å²) in [6.07, 6.45) is 1.62. The maximum atomic E-state index is 12.8. The largest absolute Gasteiger partial charge is 0.390 e. The van der Waals surface area contributed by atoms with Crippen molar-refractivity contribution in [2.45, 2.75) is 50.9 Å². The summed E-state index contributed by atoms with van der Waals surface area (Å²) >= 11 is 0. The summed E-state index contributed by atoms with van der Waals surface area (Å²) in [5, 5.41) is 9.32. The molecule has 6 nitrogen and oxygen atoms in total. The molecule has 0 amide bonds. The van der Waals surface area contributed by atoms with E-state index < -0.39 is 10.0 Å². The summed E-state index contributed by atoms with van der Waals surface area (Å²) in [4.78, 5) is 2.47. The molecule has 1 aliphatic heterocycles. The van der Waals surface area contributed by atoms with Gasteiger partial charge in [0.15, 0.2) is 0 Å². The van der Waals surface area contributed by atoms with E-state index in [1.165, 1.54) is 0 Å². The average molecular weight is 315 g/mol. The van der Waals surface area contributed by atoms with E-state index in [1.807, 2.05) is 27.8 Å². The van der Waals surface area contributed by atoms with Gasteiger partial charge < -0.3 is 9.67 Å². The second kappa shape index (κ2) is 6.08. The number of likely N-dealkylation sites (N-methyl/N-ethyl adjacent to an activating group) is 1. The van der Waals surface area contributed by atoms with E-state index in [-0.39, 0.29) is 23.6 Å². The van der Waals surface area contributed by atoms with Crippen LogP contribution in [0, 0.1) is 0 Å². The molecule has 21 heavy (non-hydrogen) atoms. The molecule has 2 unspecified atom stereocenters. The highest BCUT2D eigenvalue weighted by molar-refractivity contribution is 7.89. The molecule has 1 fully saturated rings. The smallest absolute Gasteiger partial charge is 0.244 e. The van der Waals surface area contributed by atoms with E-state index in [0.29, 0.717) is 25.3 Å². The molecule has 0 spiro atoms. The van der Waals surface area contributed by atoms with Crippen molar-refractivity contribution in [2.24, 2.45) is 0 Å². The van der Waals surface area contributed by atoms with Crippen LogP contribution in [-0.2, 0) is 23.2 Å². The monoisotopic (exact) mass is 315 g/mol. The molecular weight excluding hydrogens is 290 g/mol. The van der Waals surface area contributed by atoms with Crippen molar-refractivity contribution < 1.29 is 13.5 Å². The van der Waals surface area contributed by atoms with Gasteiger partial charge in [-0.25, -0.2) is 8.42 Å². The lowest BCUT2D eigenvalue weighted by Gasteiger charge is -2.41. The molecule has 7 heteroatoms. The van der Waals surface area contributed by atoms with Gasteiger partial charge in [-0.15, -0.1) is 0 Å². The Hall–Kier alpha value is -0.890. The predicted octanol–water partition coefficient (Wildman–Crippen LogP) is 0.713. The fraction of sp³-hybridized carbons (Fsp3) is 0.714. The number of hydrogen-bond acceptors (Lipinski definition) is 4. The second-order valence-corrected chi connectivity index (χ2v) is 7.73. The van der Waals surface area contributed by atoms with Crippen molar-refractivity contribution in [3.63, 3.8) is 0 Å². The fourth-order valence-electron chi connectivity index (χ4n) is 2.79. The number of sulfonamides is 1. The molecule has 0 aromatic carbocycles. The van der Waals surface area contributed by atoms with Crippen molar-refractivity contribution in [3.8, 4) is 0 Å². The SMILES string of the molecule is CCn1cc(S(=O)(=O)N2CC(C)N(C)C(C)C2)cc1CO. The van der Waals surface area contributed by atoms with E-state index in [2.05, 4.69) is 4.90 Å². The highest BCUT2D eigenvalue weighted by Gasteiger charge is 2.35. The van der Waals surface area contributed by atoms with Gasteiger partial charge in [-0.05, 0) is 33.9 Å². The third-order valence-corrected chi connectivity index (χ3v) is 6.22. The van der Waals surface area contributed by atoms with Crippen LogP contribution >= 0.6 is 0 Å². The van der Waals surface area contributed by atoms with Gasteiger partial charge in [0.2, 0.25) is 10.0 Å². The van der Waals surface area contributed by atoms with Gasteiger partial charge in [-0.1, -0.05) is 0 Å².